The maximum atomic E-state index is 3.91. The first-order chi connectivity index (χ1) is 5.45. The fourth-order valence-electron chi connectivity index (χ4n) is 1.60. The third kappa shape index (κ3) is 1.60. The van der Waals surface area contributed by atoms with Crippen molar-refractivity contribution in [1.29, 1.82) is 0 Å². The Morgan fingerprint density at radius 1 is 1.64 bits per heavy atom. The van der Waals surface area contributed by atoms with E-state index in [9.17, 15) is 0 Å². The number of nitrogens with one attached hydrogen (secondary N) is 2. The Bertz CT molecular complexity index is 199. The molecule has 1 fully saturated rings. The highest BCUT2D eigenvalue weighted by Crippen LogP contribution is 2.10. The standard InChI is InChI=1S/C8H13N3/c1-2-8(9-3-1)4-7-5-10-11-6-7/h5-6,8-9H,1-4H2,(H,10,11)/t8-/m1/s1. The van der Waals surface area contributed by atoms with Gasteiger partial charge in [-0.05, 0) is 31.4 Å². The summed E-state index contributed by atoms with van der Waals surface area (Å²) in [5, 5.41) is 10.2. The molecule has 2 N–H and O–H groups in total. The molecule has 2 rings (SSSR count). The second kappa shape index (κ2) is 3.05. The Balaban J connectivity index is 1.90. The normalized spacial score (nSPS) is 24.2. The molecule has 1 aromatic rings. The van der Waals surface area contributed by atoms with Crippen LogP contribution in [0.3, 0.4) is 0 Å². The minimum absolute atomic E-state index is 0.688. The summed E-state index contributed by atoms with van der Waals surface area (Å²) in [6.45, 7) is 1.18. The van der Waals surface area contributed by atoms with Crippen molar-refractivity contribution in [3.8, 4) is 0 Å². The lowest BCUT2D eigenvalue weighted by atomic mass is 10.1. The van der Waals surface area contributed by atoms with Crippen LogP contribution in [0.25, 0.3) is 0 Å². The van der Waals surface area contributed by atoms with E-state index in [0.29, 0.717) is 6.04 Å². The fraction of sp³-hybridized carbons (Fsp3) is 0.625. The molecule has 0 saturated carbocycles. The number of nitrogens with zero attached hydrogens (tertiary/aromatic N) is 1. The molecule has 1 saturated heterocycles. The molecular formula is C8H13N3. The largest absolute Gasteiger partial charge is 0.314 e. The van der Waals surface area contributed by atoms with Gasteiger partial charge < -0.3 is 5.32 Å². The number of aromatic nitrogens is 2. The molecule has 1 aliphatic heterocycles. The zero-order valence-electron chi connectivity index (χ0n) is 6.51. The molecule has 0 unspecified atom stereocenters. The van der Waals surface area contributed by atoms with Gasteiger partial charge >= 0.3 is 0 Å². The van der Waals surface area contributed by atoms with Gasteiger partial charge in [0.05, 0.1) is 6.20 Å². The molecule has 0 aromatic carbocycles. The summed E-state index contributed by atoms with van der Waals surface area (Å²) in [5.74, 6) is 0. The summed E-state index contributed by atoms with van der Waals surface area (Å²) in [7, 11) is 0. The van der Waals surface area contributed by atoms with E-state index in [2.05, 4.69) is 15.5 Å². The molecule has 1 atom stereocenters. The summed E-state index contributed by atoms with van der Waals surface area (Å²) in [4.78, 5) is 0. The summed E-state index contributed by atoms with van der Waals surface area (Å²) < 4.78 is 0. The van der Waals surface area contributed by atoms with Gasteiger partial charge in [0, 0.05) is 12.2 Å². The van der Waals surface area contributed by atoms with Crippen LogP contribution < -0.4 is 5.32 Å². The molecule has 0 amide bonds. The zero-order valence-corrected chi connectivity index (χ0v) is 6.51. The molecule has 1 aliphatic rings. The summed E-state index contributed by atoms with van der Waals surface area (Å²) in [6, 6.07) is 0.688. The maximum Gasteiger partial charge on any atom is 0.0519 e. The maximum absolute atomic E-state index is 3.91. The van der Waals surface area contributed by atoms with E-state index in [0.717, 1.165) is 6.42 Å². The topological polar surface area (TPSA) is 40.7 Å². The van der Waals surface area contributed by atoms with Crippen molar-refractivity contribution in [2.45, 2.75) is 25.3 Å². The second-order valence-electron chi connectivity index (χ2n) is 3.10. The number of rotatable bonds is 2. The molecule has 0 radical (unpaired) electrons. The van der Waals surface area contributed by atoms with Crippen LogP contribution in [0.2, 0.25) is 0 Å². The smallest absolute Gasteiger partial charge is 0.0519 e. The number of hydrogen-bond acceptors (Lipinski definition) is 2. The van der Waals surface area contributed by atoms with Crippen LogP contribution in [0, 0.1) is 0 Å². The van der Waals surface area contributed by atoms with Gasteiger partial charge in [-0.2, -0.15) is 5.10 Å². The van der Waals surface area contributed by atoms with Crippen molar-refractivity contribution in [1.82, 2.24) is 15.5 Å². The number of aromatic amines is 1. The van der Waals surface area contributed by atoms with Gasteiger partial charge in [0.1, 0.15) is 0 Å². The van der Waals surface area contributed by atoms with Crippen LogP contribution in [0.1, 0.15) is 18.4 Å². The van der Waals surface area contributed by atoms with Crippen LogP contribution >= 0.6 is 0 Å². The molecule has 0 aliphatic carbocycles. The zero-order chi connectivity index (χ0) is 7.52. The molecule has 3 nitrogen and oxygen atoms in total. The van der Waals surface area contributed by atoms with Crippen LogP contribution in [-0.4, -0.2) is 22.8 Å². The second-order valence-corrected chi connectivity index (χ2v) is 3.10. The van der Waals surface area contributed by atoms with Crippen molar-refractivity contribution in [2.75, 3.05) is 6.54 Å². The number of H-pyrrole nitrogens is 1. The first-order valence-electron chi connectivity index (χ1n) is 4.16. The van der Waals surface area contributed by atoms with E-state index in [1.807, 2.05) is 12.4 Å². The van der Waals surface area contributed by atoms with E-state index in [1.54, 1.807) is 0 Å². The Hall–Kier alpha value is -0.830. The minimum atomic E-state index is 0.688. The van der Waals surface area contributed by atoms with Crippen LogP contribution in [0.4, 0.5) is 0 Å². The van der Waals surface area contributed by atoms with Gasteiger partial charge in [-0.25, -0.2) is 0 Å². The predicted octanol–water partition coefficient (Wildman–Crippen LogP) is 0.704. The molecule has 3 heteroatoms. The lowest BCUT2D eigenvalue weighted by Crippen LogP contribution is -2.23. The van der Waals surface area contributed by atoms with Crippen molar-refractivity contribution >= 4 is 0 Å². The average molecular weight is 151 g/mol. The number of hydrogen-bond donors (Lipinski definition) is 2. The van der Waals surface area contributed by atoms with Crippen molar-refractivity contribution < 1.29 is 0 Å². The Morgan fingerprint density at radius 3 is 3.27 bits per heavy atom. The minimum Gasteiger partial charge on any atom is -0.314 e. The Kier molecular flexibility index (Phi) is 1.90. The highest BCUT2D eigenvalue weighted by Gasteiger charge is 2.14. The third-order valence-electron chi connectivity index (χ3n) is 2.20. The average Bonchev–Trinajstić information content (AvgIpc) is 2.60. The van der Waals surface area contributed by atoms with Gasteiger partial charge in [-0.1, -0.05) is 0 Å². The van der Waals surface area contributed by atoms with Gasteiger partial charge in [0.15, 0.2) is 0 Å². The van der Waals surface area contributed by atoms with Crippen LogP contribution in [0.5, 0.6) is 0 Å². The first-order valence-corrected chi connectivity index (χ1v) is 4.16. The van der Waals surface area contributed by atoms with E-state index in [1.165, 1.54) is 24.9 Å². The van der Waals surface area contributed by atoms with Gasteiger partial charge in [-0.3, -0.25) is 5.10 Å². The summed E-state index contributed by atoms with van der Waals surface area (Å²) >= 11 is 0. The van der Waals surface area contributed by atoms with Crippen LogP contribution in [0.15, 0.2) is 12.4 Å². The monoisotopic (exact) mass is 151 g/mol. The van der Waals surface area contributed by atoms with E-state index in [-0.39, 0.29) is 0 Å². The molecule has 60 valence electrons. The fourth-order valence-corrected chi connectivity index (χ4v) is 1.60. The van der Waals surface area contributed by atoms with E-state index < -0.39 is 0 Å². The SMILES string of the molecule is c1n[nH]cc1C[C@H]1CCCN1. The molecular weight excluding hydrogens is 138 g/mol. The third-order valence-corrected chi connectivity index (χ3v) is 2.20. The van der Waals surface area contributed by atoms with Gasteiger partial charge in [0.25, 0.3) is 0 Å². The molecule has 11 heavy (non-hydrogen) atoms. The van der Waals surface area contributed by atoms with Crippen molar-refractivity contribution in [3.63, 3.8) is 0 Å². The van der Waals surface area contributed by atoms with Crippen molar-refractivity contribution in [3.05, 3.63) is 18.0 Å². The molecule has 2 heterocycles. The predicted molar refractivity (Wildman–Crippen MR) is 43.3 cm³/mol. The summed E-state index contributed by atoms with van der Waals surface area (Å²) in [5.41, 5.74) is 1.31. The van der Waals surface area contributed by atoms with Crippen LogP contribution in [-0.2, 0) is 6.42 Å². The first kappa shape index (κ1) is 6.85. The van der Waals surface area contributed by atoms with Gasteiger partial charge in [-0.15, -0.1) is 0 Å². The highest BCUT2D eigenvalue weighted by molar-refractivity contribution is 5.05. The lowest BCUT2D eigenvalue weighted by molar-refractivity contribution is 0.603. The Labute approximate surface area is 66.2 Å². The van der Waals surface area contributed by atoms with E-state index >= 15 is 0 Å². The Morgan fingerprint density at radius 2 is 2.64 bits per heavy atom. The molecule has 0 spiro atoms. The van der Waals surface area contributed by atoms with Crippen molar-refractivity contribution in [2.24, 2.45) is 0 Å². The lowest BCUT2D eigenvalue weighted by Gasteiger charge is -2.06. The molecule has 0 bridgehead atoms. The molecule has 1 aromatic heterocycles. The van der Waals surface area contributed by atoms with Gasteiger partial charge in [0.2, 0.25) is 0 Å². The quantitative estimate of drug-likeness (QED) is 0.653. The summed E-state index contributed by atoms with van der Waals surface area (Å²) in [6.07, 6.45) is 7.63. The highest BCUT2D eigenvalue weighted by atomic mass is 15.1. The van der Waals surface area contributed by atoms with E-state index in [4.69, 9.17) is 0 Å².